The van der Waals surface area contributed by atoms with E-state index in [1.165, 1.54) is 0 Å². The van der Waals surface area contributed by atoms with Crippen molar-refractivity contribution in [1.82, 2.24) is 0 Å². The van der Waals surface area contributed by atoms with Crippen molar-refractivity contribution in [1.29, 1.82) is 0 Å². The molecule has 0 spiro atoms. The Morgan fingerprint density at radius 2 is 1.86 bits per heavy atom. The van der Waals surface area contributed by atoms with Crippen LogP contribution >= 0.6 is 15.9 Å². The molecule has 4 heteroatoms. The molecule has 21 heavy (non-hydrogen) atoms. The van der Waals surface area contributed by atoms with Gasteiger partial charge in [-0.3, -0.25) is 0 Å². The third-order valence-corrected chi connectivity index (χ3v) is 3.60. The minimum atomic E-state index is -0.368. The molecule has 0 unspecified atom stereocenters. The molecular weight excluding hydrogens is 332 g/mol. The molecule has 2 aromatic carbocycles. The molecular formula is C17H17BrO3. The molecule has 0 fully saturated rings. The van der Waals surface area contributed by atoms with Crippen LogP contribution in [-0.4, -0.2) is 19.7 Å². The van der Waals surface area contributed by atoms with E-state index in [9.17, 15) is 4.79 Å². The number of carbonyl (C=O) groups is 1. The molecule has 0 N–H and O–H groups in total. The first-order valence-electron chi connectivity index (χ1n) is 6.77. The summed E-state index contributed by atoms with van der Waals surface area (Å²) in [6.45, 7) is 2.36. The molecule has 2 aromatic rings. The molecule has 0 radical (unpaired) electrons. The lowest BCUT2D eigenvalue weighted by molar-refractivity contribution is 0.0501. The van der Waals surface area contributed by atoms with Crippen LogP contribution < -0.4 is 4.74 Å². The summed E-state index contributed by atoms with van der Waals surface area (Å²) in [5.41, 5.74) is 2.40. The fourth-order valence-electron chi connectivity index (χ4n) is 2.02. The standard InChI is InChI=1S/C17H17BrO3/c1-3-9-21-17(19)14-10-13(11-15(18)16(14)20-2)12-7-5-4-6-8-12/h4-8,10-11H,3,9H2,1-2H3. The average Bonchev–Trinajstić information content (AvgIpc) is 2.52. The lowest BCUT2D eigenvalue weighted by Gasteiger charge is -2.13. The van der Waals surface area contributed by atoms with Gasteiger partial charge in [-0.2, -0.15) is 0 Å². The third kappa shape index (κ3) is 3.64. The Hall–Kier alpha value is -1.81. The summed E-state index contributed by atoms with van der Waals surface area (Å²) < 4.78 is 11.3. The second-order valence-electron chi connectivity index (χ2n) is 4.54. The fraction of sp³-hybridized carbons (Fsp3) is 0.235. The maximum atomic E-state index is 12.2. The molecule has 0 aliphatic carbocycles. The summed E-state index contributed by atoms with van der Waals surface area (Å²) >= 11 is 3.46. The highest BCUT2D eigenvalue weighted by Gasteiger charge is 2.18. The first kappa shape index (κ1) is 15.6. The second-order valence-corrected chi connectivity index (χ2v) is 5.40. The Labute approximate surface area is 133 Å². The normalized spacial score (nSPS) is 10.2. The average molecular weight is 349 g/mol. The van der Waals surface area contributed by atoms with Crippen molar-refractivity contribution in [3.63, 3.8) is 0 Å². The van der Waals surface area contributed by atoms with Crippen LogP contribution in [0.2, 0.25) is 0 Å². The monoisotopic (exact) mass is 348 g/mol. The number of halogens is 1. The molecule has 0 aromatic heterocycles. The van der Waals surface area contributed by atoms with Crippen molar-refractivity contribution < 1.29 is 14.3 Å². The Balaban J connectivity index is 2.47. The molecule has 0 saturated heterocycles. The van der Waals surface area contributed by atoms with Crippen LogP contribution in [0.25, 0.3) is 11.1 Å². The molecule has 2 rings (SSSR count). The van der Waals surface area contributed by atoms with Crippen molar-refractivity contribution in [2.75, 3.05) is 13.7 Å². The number of ether oxygens (including phenoxy) is 2. The van der Waals surface area contributed by atoms with E-state index in [0.717, 1.165) is 22.0 Å². The Morgan fingerprint density at radius 3 is 2.48 bits per heavy atom. The second kappa shape index (κ2) is 7.27. The van der Waals surface area contributed by atoms with Crippen LogP contribution in [0.15, 0.2) is 46.9 Å². The first-order chi connectivity index (χ1) is 10.2. The van der Waals surface area contributed by atoms with Gasteiger partial charge in [0.05, 0.1) is 18.2 Å². The molecule has 3 nitrogen and oxygen atoms in total. The van der Waals surface area contributed by atoms with Crippen molar-refractivity contribution in [3.05, 3.63) is 52.5 Å². The van der Waals surface area contributed by atoms with Gasteiger partial charge in [0.15, 0.2) is 0 Å². The number of benzene rings is 2. The van der Waals surface area contributed by atoms with Crippen LogP contribution in [0, 0.1) is 0 Å². The fourth-order valence-corrected chi connectivity index (χ4v) is 2.64. The lowest BCUT2D eigenvalue weighted by Crippen LogP contribution is -2.08. The van der Waals surface area contributed by atoms with Crippen molar-refractivity contribution in [3.8, 4) is 16.9 Å². The Kier molecular flexibility index (Phi) is 5.39. The zero-order valence-corrected chi connectivity index (χ0v) is 13.6. The topological polar surface area (TPSA) is 35.5 Å². The maximum Gasteiger partial charge on any atom is 0.341 e. The van der Waals surface area contributed by atoms with E-state index in [2.05, 4.69) is 15.9 Å². The van der Waals surface area contributed by atoms with Gasteiger partial charge in [0.2, 0.25) is 0 Å². The van der Waals surface area contributed by atoms with Crippen molar-refractivity contribution in [2.24, 2.45) is 0 Å². The molecule has 0 saturated carbocycles. The van der Waals surface area contributed by atoms with Gasteiger partial charge in [-0.1, -0.05) is 37.3 Å². The van der Waals surface area contributed by atoms with Gasteiger partial charge in [0, 0.05) is 0 Å². The Bertz CT molecular complexity index is 623. The van der Waals surface area contributed by atoms with E-state index in [1.54, 1.807) is 13.2 Å². The van der Waals surface area contributed by atoms with Gasteiger partial charge in [0.1, 0.15) is 11.3 Å². The third-order valence-electron chi connectivity index (χ3n) is 3.01. The van der Waals surface area contributed by atoms with Crippen LogP contribution in [0.4, 0.5) is 0 Å². The maximum absolute atomic E-state index is 12.2. The van der Waals surface area contributed by atoms with Gasteiger partial charge in [-0.25, -0.2) is 4.79 Å². The number of rotatable bonds is 5. The van der Waals surface area contributed by atoms with E-state index in [-0.39, 0.29) is 5.97 Å². The molecule has 0 aliphatic heterocycles. The van der Waals surface area contributed by atoms with Crippen LogP contribution in [0.3, 0.4) is 0 Å². The largest absolute Gasteiger partial charge is 0.495 e. The van der Waals surface area contributed by atoms with Gasteiger partial charge < -0.3 is 9.47 Å². The highest BCUT2D eigenvalue weighted by Crippen LogP contribution is 2.35. The molecule has 0 heterocycles. The lowest BCUT2D eigenvalue weighted by atomic mass is 10.0. The highest BCUT2D eigenvalue weighted by atomic mass is 79.9. The number of hydrogen-bond donors (Lipinski definition) is 0. The predicted molar refractivity (Wildman–Crippen MR) is 86.7 cm³/mol. The molecule has 0 aliphatic rings. The van der Waals surface area contributed by atoms with Crippen molar-refractivity contribution >= 4 is 21.9 Å². The van der Waals surface area contributed by atoms with Gasteiger partial charge in [-0.15, -0.1) is 0 Å². The number of hydrogen-bond acceptors (Lipinski definition) is 3. The van der Waals surface area contributed by atoms with E-state index in [1.807, 2.05) is 43.3 Å². The van der Waals surface area contributed by atoms with Crippen LogP contribution in [0.5, 0.6) is 5.75 Å². The predicted octanol–water partition coefficient (Wildman–Crippen LogP) is 4.69. The van der Waals surface area contributed by atoms with Crippen LogP contribution in [-0.2, 0) is 4.74 Å². The summed E-state index contributed by atoms with van der Waals surface area (Å²) in [5, 5.41) is 0. The SMILES string of the molecule is CCCOC(=O)c1cc(-c2ccccc2)cc(Br)c1OC. The van der Waals surface area contributed by atoms with Gasteiger partial charge in [0.25, 0.3) is 0 Å². The summed E-state index contributed by atoms with van der Waals surface area (Å²) in [7, 11) is 1.54. The zero-order chi connectivity index (χ0) is 15.2. The smallest absolute Gasteiger partial charge is 0.341 e. The summed E-state index contributed by atoms with van der Waals surface area (Å²) in [6, 6.07) is 13.6. The summed E-state index contributed by atoms with van der Waals surface area (Å²) in [5.74, 6) is 0.128. The number of esters is 1. The minimum Gasteiger partial charge on any atom is -0.495 e. The van der Waals surface area contributed by atoms with Crippen molar-refractivity contribution in [2.45, 2.75) is 13.3 Å². The molecule has 0 amide bonds. The number of carbonyl (C=O) groups excluding carboxylic acids is 1. The van der Waals surface area contributed by atoms with Gasteiger partial charge in [-0.05, 0) is 45.6 Å². The van der Waals surface area contributed by atoms with E-state index in [0.29, 0.717) is 17.9 Å². The number of methoxy groups -OCH3 is 1. The molecule has 0 bridgehead atoms. The summed E-state index contributed by atoms with van der Waals surface area (Å²) in [6.07, 6.45) is 0.785. The molecule has 0 atom stereocenters. The van der Waals surface area contributed by atoms with E-state index >= 15 is 0 Å². The van der Waals surface area contributed by atoms with E-state index in [4.69, 9.17) is 9.47 Å². The minimum absolute atomic E-state index is 0.368. The quantitative estimate of drug-likeness (QED) is 0.735. The molecule has 110 valence electrons. The summed E-state index contributed by atoms with van der Waals surface area (Å²) in [4.78, 5) is 12.2. The zero-order valence-electron chi connectivity index (χ0n) is 12.1. The Morgan fingerprint density at radius 1 is 1.14 bits per heavy atom. The van der Waals surface area contributed by atoms with Crippen LogP contribution in [0.1, 0.15) is 23.7 Å². The van der Waals surface area contributed by atoms with Gasteiger partial charge >= 0.3 is 5.97 Å². The van der Waals surface area contributed by atoms with E-state index < -0.39 is 0 Å². The first-order valence-corrected chi connectivity index (χ1v) is 7.56. The highest BCUT2D eigenvalue weighted by molar-refractivity contribution is 9.10.